The molecule has 0 aliphatic rings. The number of carboxylic acids is 1. The van der Waals surface area contributed by atoms with Crippen LogP contribution >= 0.6 is 0 Å². The zero-order chi connectivity index (χ0) is 11.4. The Morgan fingerprint density at radius 3 is 2.80 bits per heavy atom. The summed E-state index contributed by atoms with van der Waals surface area (Å²) >= 11 is 0. The number of carbonyl (C=O) groups is 2. The van der Waals surface area contributed by atoms with Crippen molar-refractivity contribution in [1.29, 1.82) is 0 Å². The molecule has 0 aliphatic carbocycles. The molecule has 15 heavy (non-hydrogen) atoms. The van der Waals surface area contributed by atoms with Crippen LogP contribution in [0.3, 0.4) is 0 Å². The van der Waals surface area contributed by atoms with Gasteiger partial charge in [0, 0.05) is 0 Å². The van der Waals surface area contributed by atoms with Crippen molar-refractivity contribution in [1.82, 2.24) is 9.78 Å². The van der Waals surface area contributed by atoms with Crippen LogP contribution in [0.4, 0.5) is 0 Å². The number of nitrogens with zero attached hydrogens (tertiary/aromatic N) is 2. The normalized spacial score (nSPS) is 10.0. The van der Waals surface area contributed by atoms with E-state index in [2.05, 4.69) is 9.84 Å². The van der Waals surface area contributed by atoms with Gasteiger partial charge in [-0.2, -0.15) is 5.10 Å². The van der Waals surface area contributed by atoms with E-state index in [1.165, 1.54) is 17.9 Å². The van der Waals surface area contributed by atoms with Crippen molar-refractivity contribution in [2.45, 2.75) is 19.9 Å². The number of rotatable bonds is 4. The van der Waals surface area contributed by atoms with Gasteiger partial charge in [0.15, 0.2) is 0 Å². The average molecular weight is 212 g/mol. The van der Waals surface area contributed by atoms with Crippen molar-refractivity contribution in [2.75, 3.05) is 7.11 Å². The second-order valence-electron chi connectivity index (χ2n) is 3.03. The lowest BCUT2D eigenvalue weighted by Gasteiger charge is -2.02. The minimum Gasteiger partial charge on any atom is -0.477 e. The van der Waals surface area contributed by atoms with E-state index in [1.54, 1.807) is 6.92 Å². The molecule has 0 unspecified atom stereocenters. The van der Waals surface area contributed by atoms with Crippen LogP contribution in [-0.4, -0.2) is 33.9 Å². The summed E-state index contributed by atoms with van der Waals surface area (Å²) in [6, 6.07) is 1.46. The number of aryl methyl sites for hydroxylation is 2. The predicted molar refractivity (Wildman–Crippen MR) is 50.6 cm³/mol. The van der Waals surface area contributed by atoms with E-state index in [0.717, 1.165) is 0 Å². The molecular weight excluding hydrogens is 200 g/mol. The van der Waals surface area contributed by atoms with Crippen LogP contribution in [0, 0.1) is 6.92 Å². The van der Waals surface area contributed by atoms with Gasteiger partial charge in [-0.05, 0) is 13.0 Å². The highest BCUT2D eigenvalue weighted by atomic mass is 16.5. The highest BCUT2D eigenvalue weighted by Gasteiger charge is 2.13. The SMILES string of the molecule is COC(=O)CCn1nc(C)cc1C(=O)O. The van der Waals surface area contributed by atoms with Gasteiger partial charge in [-0.1, -0.05) is 0 Å². The predicted octanol–water partition coefficient (Wildman–Crippen LogP) is 0.453. The monoisotopic (exact) mass is 212 g/mol. The van der Waals surface area contributed by atoms with Crippen molar-refractivity contribution < 1.29 is 19.4 Å². The summed E-state index contributed by atoms with van der Waals surface area (Å²) in [5.74, 6) is -1.44. The first kappa shape index (κ1) is 11.2. The average Bonchev–Trinajstić information content (AvgIpc) is 2.56. The number of esters is 1. The molecule has 0 spiro atoms. The van der Waals surface area contributed by atoms with Crippen LogP contribution in [-0.2, 0) is 16.1 Å². The van der Waals surface area contributed by atoms with Crippen LogP contribution in [0.15, 0.2) is 6.07 Å². The van der Waals surface area contributed by atoms with Gasteiger partial charge in [0.1, 0.15) is 5.69 Å². The van der Waals surface area contributed by atoms with Crippen LogP contribution in [0.5, 0.6) is 0 Å². The minimum absolute atomic E-state index is 0.0800. The van der Waals surface area contributed by atoms with Gasteiger partial charge >= 0.3 is 11.9 Å². The maximum Gasteiger partial charge on any atom is 0.354 e. The van der Waals surface area contributed by atoms with Gasteiger partial charge in [-0.15, -0.1) is 0 Å². The minimum atomic E-state index is -1.06. The van der Waals surface area contributed by atoms with Gasteiger partial charge in [-0.25, -0.2) is 4.79 Å². The van der Waals surface area contributed by atoms with Gasteiger partial charge in [0.25, 0.3) is 0 Å². The van der Waals surface area contributed by atoms with E-state index in [1.807, 2.05) is 0 Å². The zero-order valence-corrected chi connectivity index (χ0v) is 8.56. The molecule has 0 bridgehead atoms. The number of carboxylic acid groups (broad SMARTS) is 1. The molecule has 0 amide bonds. The first-order valence-corrected chi connectivity index (χ1v) is 4.39. The first-order chi connectivity index (χ1) is 7.04. The molecule has 0 aliphatic heterocycles. The lowest BCUT2D eigenvalue weighted by molar-refractivity contribution is -0.140. The second-order valence-corrected chi connectivity index (χ2v) is 3.03. The third kappa shape index (κ3) is 2.80. The van der Waals surface area contributed by atoms with Gasteiger partial charge < -0.3 is 9.84 Å². The Labute approximate surface area is 86.5 Å². The van der Waals surface area contributed by atoms with Crippen molar-refractivity contribution in [3.8, 4) is 0 Å². The topological polar surface area (TPSA) is 81.4 Å². The number of methoxy groups -OCH3 is 1. The van der Waals surface area contributed by atoms with Crippen LogP contribution in [0.25, 0.3) is 0 Å². The smallest absolute Gasteiger partial charge is 0.354 e. The molecule has 0 radical (unpaired) electrons. The van der Waals surface area contributed by atoms with Crippen molar-refractivity contribution in [2.24, 2.45) is 0 Å². The maximum absolute atomic E-state index is 10.9. The van der Waals surface area contributed by atoms with Gasteiger partial charge in [0.05, 0.1) is 25.8 Å². The molecule has 1 N–H and O–H groups in total. The third-order valence-corrected chi connectivity index (χ3v) is 1.88. The molecule has 0 atom stereocenters. The Balaban J connectivity index is 2.75. The largest absolute Gasteiger partial charge is 0.477 e. The number of hydrogen-bond acceptors (Lipinski definition) is 4. The van der Waals surface area contributed by atoms with Crippen LogP contribution < -0.4 is 0 Å². The molecule has 1 heterocycles. The first-order valence-electron chi connectivity index (χ1n) is 4.39. The Morgan fingerprint density at radius 2 is 2.27 bits per heavy atom. The number of hydrogen-bond donors (Lipinski definition) is 1. The zero-order valence-electron chi connectivity index (χ0n) is 8.56. The summed E-state index contributed by atoms with van der Waals surface area (Å²) in [7, 11) is 1.29. The van der Waals surface area contributed by atoms with Gasteiger partial charge in [-0.3, -0.25) is 9.48 Å². The summed E-state index contributed by atoms with van der Waals surface area (Å²) in [6.07, 6.45) is 0.109. The lowest BCUT2D eigenvalue weighted by atomic mass is 10.3. The highest BCUT2D eigenvalue weighted by molar-refractivity contribution is 5.85. The summed E-state index contributed by atoms with van der Waals surface area (Å²) in [6.45, 7) is 1.91. The Kier molecular flexibility index (Phi) is 3.43. The Hall–Kier alpha value is -1.85. The maximum atomic E-state index is 10.9. The highest BCUT2D eigenvalue weighted by Crippen LogP contribution is 2.04. The molecule has 0 fully saturated rings. The van der Waals surface area contributed by atoms with Crippen LogP contribution in [0.2, 0.25) is 0 Å². The fourth-order valence-electron chi connectivity index (χ4n) is 1.19. The molecule has 6 nitrogen and oxygen atoms in total. The fourth-order valence-corrected chi connectivity index (χ4v) is 1.19. The van der Waals surface area contributed by atoms with E-state index in [4.69, 9.17) is 5.11 Å². The standard InChI is InChI=1S/C9H12N2O4/c1-6-5-7(9(13)14)11(10-6)4-3-8(12)15-2/h5H,3-4H2,1-2H3,(H,13,14). The second kappa shape index (κ2) is 4.59. The Morgan fingerprint density at radius 1 is 1.60 bits per heavy atom. The molecular formula is C9H12N2O4. The number of ether oxygens (including phenoxy) is 1. The molecule has 1 aromatic rings. The molecule has 0 saturated heterocycles. The van der Waals surface area contributed by atoms with E-state index < -0.39 is 5.97 Å². The van der Waals surface area contributed by atoms with E-state index >= 15 is 0 Å². The third-order valence-electron chi connectivity index (χ3n) is 1.88. The summed E-state index contributed by atoms with van der Waals surface area (Å²) in [4.78, 5) is 21.6. The van der Waals surface area contributed by atoms with Gasteiger partial charge in [0.2, 0.25) is 0 Å². The van der Waals surface area contributed by atoms with Crippen LogP contribution in [0.1, 0.15) is 22.6 Å². The molecule has 6 heteroatoms. The molecule has 1 aromatic heterocycles. The summed E-state index contributed by atoms with van der Waals surface area (Å²) < 4.78 is 5.74. The quantitative estimate of drug-likeness (QED) is 0.733. The van der Waals surface area contributed by atoms with E-state index in [9.17, 15) is 9.59 Å². The van der Waals surface area contributed by atoms with Crippen molar-refractivity contribution in [3.63, 3.8) is 0 Å². The molecule has 0 saturated carbocycles. The van der Waals surface area contributed by atoms with E-state index in [-0.39, 0.29) is 24.6 Å². The van der Waals surface area contributed by atoms with E-state index in [0.29, 0.717) is 5.69 Å². The lowest BCUT2D eigenvalue weighted by Crippen LogP contribution is -2.13. The van der Waals surface area contributed by atoms with Crippen molar-refractivity contribution in [3.05, 3.63) is 17.5 Å². The number of aromatic nitrogens is 2. The Bertz CT molecular complexity index is 383. The number of carbonyl (C=O) groups excluding carboxylic acids is 1. The molecule has 1 rings (SSSR count). The van der Waals surface area contributed by atoms with Crippen molar-refractivity contribution >= 4 is 11.9 Å². The summed E-state index contributed by atoms with van der Waals surface area (Å²) in [5, 5.41) is 12.8. The summed E-state index contributed by atoms with van der Waals surface area (Å²) in [5.41, 5.74) is 0.689. The molecule has 82 valence electrons. The number of aromatic carboxylic acids is 1. The molecule has 0 aromatic carbocycles. The fraction of sp³-hybridized carbons (Fsp3) is 0.444.